The highest BCUT2D eigenvalue weighted by Gasteiger charge is 2.00. The zero-order valence-electron chi connectivity index (χ0n) is 6.67. The van der Waals surface area contributed by atoms with Crippen LogP contribution in [0.25, 0.3) is 0 Å². The van der Waals surface area contributed by atoms with Crippen molar-refractivity contribution < 1.29 is 0 Å². The van der Waals surface area contributed by atoms with Crippen molar-refractivity contribution in [1.29, 1.82) is 5.26 Å². The lowest BCUT2D eigenvalue weighted by Crippen LogP contribution is -1.86. The summed E-state index contributed by atoms with van der Waals surface area (Å²) in [7, 11) is 0. The lowest BCUT2D eigenvalue weighted by atomic mass is 10.1. The maximum absolute atomic E-state index is 8.79. The summed E-state index contributed by atoms with van der Waals surface area (Å²) in [5, 5.41) is 8.79. The van der Waals surface area contributed by atoms with Crippen LogP contribution in [0.3, 0.4) is 0 Å². The Labute approximate surface area is 84.9 Å². The van der Waals surface area contributed by atoms with Gasteiger partial charge >= 0.3 is 0 Å². The number of halogens is 1. The summed E-state index contributed by atoms with van der Waals surface area (Å²) < 4.78 is 0.962. The number of rotatable bonds is 2. The van der Waals surface area contributed by atoms with Gasteiger partial charge in [-0.1, -0.05) is 22.0 Å². The monoisotopic (exact) mass is 241 g/mol. The van der Waals surface area contributed by atoms with Crippen molar-refractivity contribution in [3.63, 3.8) is 0 Å². The minimum Gasteiger partial charge on any atom is -0.192 e. The highest BCUT2D eigenvalue weighted by Crippen LogP contribution is 2.19. The fourth-order valence-electron chi connectivity index (χ4n) is 0.934. The molecule has 0 aliphatic rings. The summed E-state index contributed by atoms with van der Waals surface area (Å²) in [6.07, 6.45) is 2.03. The maximum Gasteiger partial charge on any atom is 0.0995 e. The fourth-order valence-corrected chi connectivity index (χ4v) is 1.86. The molecule has 0 spiro atoms. The molecule has 0 N–H and O–H groups in total. The van der Waals surface area contributed by atoms with Gasteiger partial charge in [0.15, 0.2) is 0 Å². The van der Waals surface area contributed by atoms with E-state index in [1.807, 2.05) is 24.5 Å². The number of benzene rings is 1. The summed E-state index contributed by atoms with van der Waals surface area (Å²) in [6.45, 7) is 0. The average molecular weight is 242 g/mol. The SMILES string of the molecule is CSCc1ccc(Br)cc1C#N. The van der Waals surface area contributed by atoms with Gasteiger partial charge in [0.05, 0.1) is 11.6 Å². The molecular weight excluding hydrogens is 234 g/mol. The van der Waals surface area contributed by atoms with Crippen molar-refractivity contribution in [2.75, 3.05) is 6.26 Å². The predicted octanol–water partition coefficient (Wildman–Crippen LogP) is 3.18. The molecule has 1 aromatic rings. The maximum atomic E-state index is 8.79. The topological polar surface area (TPSA) is 23.8 Å². The van der Waals surface area contributed by atoms with Crippen molar-refractivity contribution >= 4 is 27.7 Å². The van der Waals surface area contributed by atoms with E-state index in [0.29, 0.717) is 0 Å². The van der Waals surface area contributed by atoms with Gasteiger partial charge in [0.1, 0.15) is 0 Å². The van der Waals surface area contributed by atoms with Gasteiger partial charge in [0.2, 0.25) is 0 Å². The molecule has 0 saturated heterocycles. The zero-order valence-corrected chi connectivity index (χ0v) is 9.08. The summed E-state index contributed by atoms with van der Waals surface area (Å²) in [5.41, 5.74) is 1.87. The molecule has 0 unspecified atom stereocenters. The molecule has 0 radical (unpaired) electrons. The first-order valence-corrected chi connectivity index (χ1v) is 5.64. The minimum atomic E-state index is 0.763. The van der Waals surface area contributed by atoms with E-state index < -0.39 is 0 Å². The molecule has 0 aromatic heterocycles. The van der Waals surface area contributed by atoms with E-state index >= 15 is 0 Å². The van der Waals surface area contributed by atoms with Gasteiger partial charge in [-0.15, -0.1) is 0 Å². The van der Waals surface area contributed by atoms with Crippen LogP contribution in [0.15, 0.2) is 22.7 Å². The van der Waals surface area contributed by atoms with Crippen LogP contribution < -0.4 is 0 Å². The second-order valence-corrected chi connectivity index (χ2v) is 4.13. The third kappa shape index (κ3) is 2.26. The number of nitrogens with zero attached hydrogens (tertiary/aromatic N) is 1. The van der Waals surface area contributed by atoms with Crippen LogP contribution in [-0.2, 0) is 5.75 Å². The number of thioether (sulfide) groups is 1. The molecule has 1 aromatic carbocycles. The van der Waals surface area contributed by atoms with Gasteiger partial charge in [-0.3, -0.25) is 0 Å². The van der Waals surface area contributed by atoms with E-state index in [0.717, 1.165) is 21.4 Å². The van der Waals surface area contributed by atoms with E-state index in [1.54, 1.807) is 11.8 Å². The Balaban J connectivity index is 3.05. The third-order valence-corrected chi connectivity index (χ3v) is 2.59. The Bertz CT molecular complexity index is 317. The summed E-state index contributed by atoms with van der Waals surface area (Å²) in [5.74, 6) is 0.899. The molecule has 0 bridgehead atoms. The van der Waals surface area contributed by atoms with Gasteiger partial charge in [-0.05, 0) is 24.0 Å². The molecule has 0 amide bonds. The quantitative estimate of drug-likeness (QED) is 0.795. The molecule has 0 fully saturated rings. The third-order valence-electron chi connectivity index (χ3n) is 1.49. The molecule has 1 rings (SSSR count). The summed E-state index contributed by atoms with van der Waals surface area (Å²) in [6, 6.07) is 7.98. The van der Waals surface area contributed by atoms with Crippen LogP contribution >= 0.6 is 27.7 Å². The lowest BCUT2D eigenvalue weighted by Gasteiger charge is -2.01. The van der Waals surface area contributed by atoms with E-state index in [1.165, 1.54) is 0 Å². The van der Waals surface area contributed by atoms with E-state index in [-0.39, 0.29) is 0 Å². The smallest absolute Gasteiger partial charge is 0.0995 e. The van der Waals surface area contributed by atoms with Crippen LogP contribution in [0, 0.1) is 11.3 Å². The largest absolute Gasteiger partial charge is 0.192 e. The van der Waals surface area contributed by atoms with Crippen molar-refractivity contribution in [3.8, 4) is 6.07 Å². The average Bonchev–Trinajstić information content (AvgIpc) is 2.08. The summed E-state index contributed by atoms with van der Waals surface area (Å²) in [4.78, 5) is 0. The highest BCUT2D eigenvalue weighted by molar-refractivity contribution is 9.10. The number of hydrogen-bond acceptors (Lipinski definition) is 2. The van der Waals surface area contributed by atoms with Gasteiger partial charge in [0, 0.05) is 10.2 Å². The van der Waals surface area contributed by atoms with Gasteiger partial charge in [0.25, 0.3) is 0 Å². The molecular formula is C9H8BrNS. The van der Waals surface area contributed by atoms with Gasteiger partial charge in [-0.25, -0.2) is 0 Å². The Morgan fingerprint density at radius 2 is 2.33 bits per heavy atom. The Morgan fingerprint density at radius 3 is 2.92 bits per heavy atom. The van der Waals surface area contributed by atoms with Crippen molar-refractivity contribution in [3.05, 3.63) is 33.8 Å². The van der Waals surface area contributed by atoms with Gasteiger partial charge < -0.3 is 0 Å². The van der Waals surface area contributed by atoms with Gasteiger partial charge in [-0.2, -0.15) is 17.0 Å². The van der Waals surface area contributed by atoms with Crippen LogP contribution in [0.5, 0.6) is 0 Å². The summed E-state index contributed by atoms with van der Waals surface area (Å²) >= 11 is 5.05. The van der Waals surface area contributed by atoms with E-state index in [9.17, 15) is 0 Å². The Hall–Kier alpha value is -0.460. The minimum absolute atomic E-state index is 0.763. The predicted molar refractivity (Wildman–Crippen MR) is 56.1 cm³/mol. The molecule has 1 nitrogen and oxygen atoms in total. The first kappa shape index (κ1) is 9.63. The standard InChI is InChI=1S/C9H8BrNS/c1-12-6-7-2-3-9(10)4-8(7)5-11/h2-4H,6H2,1H3. The first-order chi connectivity index (χ1) is 5.77. The van der Waals surface area contributed by atoms with Crippen LogP contribution in [0.2, 0.25) is 0 Å². The highest BCUT2D eigenvalue weighted by atomic mass is 79.9. The second-order valence-electron chi connectivity index (χ2n) is 2.35. The number of nitriles is 1. The molecule has 0 heterocycles. The number of hydrogen-bond donors (Lipinski definition) is 0. The van der Waals surface area contributed by atoms with Crippen molar-refractivity contribution in [1.82, 2.24) is 0 Å². The fraction of sp³-hybridized carbons (Fsp3) is 0.222. The van der Waals surface area contributed by atoms with E-state index in [2.05, 4.69) is 22.0 Å². The normalized spacial score (nSPS) is 9.42. The van der Waals surface area contributed by atoms with Crippen molar-refractivity contribution in [2.24, 2.45) is 0 Å². The van der Waals surface area contributed by atoms with E-state index in [4.69, 9.17) is 5.26 Å². The molecule has 0 aliphatic heterocycles. The molecule has 0 atom stereocenters. The van der Waals surface area contributed by atoms with Crippen LogP contribution in [0.1, 0.15) is 11.1 Å². The molecule has 3 heteroatoms. The lowest BCUT2D eigenvalue weighted by molar-refractivity contribution is 1.35. The molecule has 0 aliphatic carbocycles. The second kappa shape index (κ2) is 4.54. The van der Waals surface area contributed by atoms with Crippen LogP contribution in [-0.4, -0.2) is 6.26 Å². The van der Waals surface area contributed by atoms with Crippen LogP contribution in [0.4, 0.5) is 0 Å². The Kier molecular flexibility index (Phi) is 3.64. The van der Waals surface area contributed by atoms with Crippen molar-refractivity contribution in [2.45, 2.75) is 5.75 Å². The molecule has 12 heavy (non-hydrogen) atoms. The molecule has 62 valence electrons. The molecule has 0 saturated carbocycles. The first-order valence-electron chi connectivity index (χ1n) is 3.45. The zero-order chi connectivity index (χ0) is 8.97. The Morgan fingerprint density at radius 1 is 1.58 bits per heavy atom.